The lowest BCUT2D eigenvalue weighted by atomic mass is 9.93. The maximum absolute atomic E-state index is 13.5. The number of ether oxygens (including phenoxy) is 19. The van der Waals surface area contributed by atoms with Crippen LogP contribution in [0.2, 0.25) is 0 Å². The Morgan fingerprint density at radius 2 is 0.537 bits per heavy atom. The Hall–Kier alpha value is -3.92. The van der Waals surface area contributed by atoms with E-state index in [4.69, 9.17) is 90.0 Å². The maximum atomic E-state index is 13.5. The fourth-order valence-corrected chi connectivity index (χ4v) is 15.7. The van der Waals surface area contributed by atoms with Crippen molar-refractivity contribution in [1.82, 2.24) is 21.3 Å². The average Bonchev–Trinajstić information content (AvgIpc) is 0.755. The van der Waals surface area contributed by atoms with Gasteiger partial charge in [-0.25, -0.2) is 0 Å². The van der Waals surface area contributed by atoms with Crippen molar-refractivity contribution in [3.8, 4) is 0 Å². The lowest BCUT2D eigenvalue weighted by Crippen LogP contribution is -2.71. The summed E-state index contributed by atoms with van der Waals surface area (Å²) in [6, 6.07) is -7.61. The first-order chi connectivity index (χ1) is 57.1. The molecule has 0 radical (unpaired) electrons. The van der Waals surface area contributed by atoms with Crippen LogP contribution in [0.4, 0.5) is 0 Å². The summed E-state index contributed by atoms with van der Waals surface area (Å²) < 4.78 is 114. The van der Waals surface area contributed by atoms with Gasteiger partial charge in [0, 0.05) is 27.7 Å². The van der Waals surface area contributed by atoms with Gasteiger partial charge in [0.05, 0.1) is 65.1 Å². The third-order valence-electron chi connectivity index (χ3n) is 22.4. The highest BCUT2D eigenvalue weighted by Gasteiger charge is 2.62. The van der Waals surface area contributed by atoms with E-state index in [1.807, 2.05) is 0 Å². The Labute approximate surface area is 686 Å². The van der Waals surface area contributed by atoms with Gasteiger partial charge in [-0.05, 0) is 13.8 Å². The van der Waals surface area contributed by atoms with Crippen molar-refractivity contribution in [3.63, 3.8) is 0 Å². The molecule has 0 aromatic heterocycles. The number of aliphatic hydroxyl groups excluding tert-OH is 26. The van der Waals surface area contributed by atoms with E-state index in [2.05, 4.69) is 21.3 Å². The van der Waals surface area contributed by atoms with Crippen molar-refractivity contribution in [3.05, 3.63) is 0 Å². The third-order valence-corrected chi connectivity index (χ3v) is 22.4. The monoisotopic (exact) mass is 1770 g/mol. The van der Waals surface area contributed by atoms with E-state index in [1.165, 1.54) is 13.8 Å². The zero-order valence-corrected chi connectivity index (χ0v) is 65.5. The molecule has 53 heteroatoms. The first-order valence-corrected chi connectivity index (χ1v) is 38.8. The van der Waals surface area contributed by atoms with Crippen LogP contribution >= 0.6 is 0 Å². The Morgan fingerprint density at radius 1 is 0.231 bits per heavy atom. The molecule has 0 aliphatic carbocycles. The molecule has 10 aliphatic rings. The molecule has 0 unspecified atom stereocenters. The molecule has 10 rings (SSSR count). The van der Waals surface area contributed by atoms with Crippen molar-refractivity contribution >= 4 is 23.6 Å². The summed E-state index contributed by atoms with van der Waals surface area (Å²) in [7, 11) is 0. The minimum absolute atomic E-state index is 0.843. The van der Waals surface area contributed by atoms with Gasteiger partial charge in [-0.3, -0.25) is 19.2 Å². The van der Waals surface area contributed by atoms with E-state index < -0.39 is 383 Å². The lowest BCUT2D eigenvalue weighted by Gasteiger charge is -2.52. The van der Waals surface area contributed by atoms with Crippen LogP contribution in [0, 0.1) is 0 Å². The summed E-state index contributed by atoms with van der Waals surface area (Å²) in [4.78, 5) is 51.8. The topological polar surface area (TPSA) is 818 Å². The number of hydrogen-bond donors (Lipinski definition) is 30. The van der Waals surface area contributed by atoms with E-state index in [9.17, 15) is 152 Å². The average molecular weight is 1770 g/mol. The molecule has 10 aliphatic heterocycles. The van der Waals surface area contributed by atoms with E-state index in [0.29, 0.717) is 0 Å². The van der Waals surface area contributed by atoms with Gasteiger partial charge in [-0.2, -0.15) is 0 Å². The largest absolute Gasteiger partial charge is 0.394 e. The molecule has 121 heavy (non-hydrogen) atoms. The van der Waals surface area contributed by atoms with E-state index in [-0.39, 0.29) is 0 Å². The zero-order chi connectivity index (χ0) is 89.1. The number of amides is 4. The van der Waals surface area contributed by atoms with Crippen molar-refractivity contribution in [1.29, 1.82) is 0 Å². The molecule has 0 spiro atoms. The number of aliphatic hydroxyl groups is 26. The maximum Gasteiger partial charge on any atom is 0.217 e. The van der Waals surface area contributed by atoms with Crippen LogP contribution in [0.1, 0.15) is 41.5 Å². The van der Waals surface area contributed by atoms with Gasteiger partial charge in [-0.15, -0.1) is 0 Å². The normalized spacial score (nSPS) is 50.0. The van der Waals surface area contributed by atoms with E-state index in [0.717, 1.165) is 27.7 Å². The Bertz CT molecular complexity index is 3270. The summed E-state index contributed by atoms with van der Waals surface area (Å²) in [5, 5.41) is 301. The fraction of sp³-hybridized carbons (Fsp3) is 0.941. The Morgan fingerprint density at radius 3 is 1.05 bits per heavy atom. The smallest absolute Gasteiger partial charge is 0.217 e. The van der Waals surface area contributed by atoms with Crippen LogP contribution in [-0.4, -0.2) is 516 Å². The first-order valence-electron chi connectivity index (χ1n) is 38.8. The minimum Gasteiger partial charge on any atom is -0.394 e. The van der Waals surface area contributed by atoms with Gasteiger partial charge in [-0.1, -0.05) is 0 Å². The molecule has 50 atom stereocenters. The second-order valence-corrected chi connectivity index (χ2v) is 31.0. The van der Waals surface area contributed by atoms with E-state index in [1.54, 1.807) is 0 Å². The third kappa shape index (κ3) is 22.0. The molecule has 10 saturated heterocycles. The van der Waals surface area contributed by atoms with Crippen LogP contribution in [0.15, 0.2) is 0 Å². The SMILES string of the molecule is CC(=O)N[C@@H]1[C@@H](O)[C@H](O[C@@H]2O[C@H](CO)[C@@H](O[C@@H]3O[C@H](CO[C@H]4O[C@H](CO)[C@@H](O)[C@H](O)[C@@H]4O[C@@H]4O[C@H](CO)[C@@H](O)[C@H](O)[C@H]4NC(C)=O)[C@@H](O)[C@H](O[C@H]4O[C@H](CO)[C@@H](O)[C@H](O)[C@@H]4O[C@@H]4O[C@H](CO)[C@@H](O[C@@H]5O[C@H](CO)[C@H](O)[C@H](O)[C@H]5O)[C@H](O[C@@H]5O[C@@H](C)[C@@H](O)[C@@H](O)[C@@H]5O)[C@H]4NC(C)=O)[C@@H]3O)[C@H](O)[C@H]2NC(C)=O)[C@@H](CO[C@@H]2O[C@@H](C)[C@@H](O)[C@@H](O)[C@@H]2O)O[C@H]1O. The second-order valence-electron chi connectivity index (χ2n) is 31.0. The number of nitrogens with one attached hydrogen (secondary N) is 4. The standard InChI is InChI=1S/C68H114N4O49/c1-15-33(83)43(93)48(98)63(105-15)103-14-28-53(41(91)29(59(102)107-28)69-17(3)79)115-61-31(71-19(5)81)42(92)52(25(11-77)112-61)116-66-51(101)56(39(89)27(114-66)13-104-67-57(46(96)37(87)23(9-75)110-67)120-60-30(70-18(4)80)40(90)35(85)21(7-73)108-60)119-68-58(47(97)38(88)24(10-76)111-68)121-62-32(72-20(6)82)55(118-64-49(99)44(94)34(84)16(2)106-64)54(26(12-78)113-62)117-65-50(100)45(95)36(86)22(8-74)109-65/h15-16,21-68,73-78,83-102H,7-14H2,1-6H3,(H,69,79)(H,70,80)(H,71,81)(H,72,82)/t15-,16-,21+,22+,23+,24+,25+,26+,27+,28+,29+,30+,31+,32+,33+,34+,35+,36-,37+,38+,39+,40+,41+,42+,43+,44+,45-,46-,47-,48-,49-,50+,51-,52+,53+,54+,55+,56-,57-,58-,59+,60-,61-,62-,63+,64-,65-,66-,67-,68+/m0/s1. The molecule has 0 aromatic rings. The molecule has 700 valence electrons. The van der Waals surface area contributed by atoms with Crippen LogP contribution in [0.25, 0.3) is 0 Å². The summed E-state index contributed by atoms with van der Waals surface area (Å²) >= 11 is 0. The highest BCUT2D eigenvalue weighted by molar-refractivity contribution is 5.74. The first kappa shape index (κ1) is 99.2. The quantitative estimate of drug-likeness (QED) is 0.0318. The van der Waals surface area contributed by atoms with Crippen LogP contribution in [0.5, 0.6) is 0 Å². The molecule has 53 nitrogen and oxygen atoms in total. The van der Waals surface area contributed by atoms with Gasteiger partial charge in [0.1, 0.15) is 232 Å². The second kappa shape index (κ2) is 43.0. The summed E-state index contributed by atoms with van der Waals surface area (Å²) in [6.07, 6.45) is -95.2. The van der Waals surface area contributed by atoms with Gasteiger partial charge in [0.25, 0.3) is 0 Å². The predicted molar refractivity (Wildman–Crippen MR) is 373 cm³/mol. The van der Waals surface area contributed by atoms with E-state index >= 15 is 0 Å². The molecular weight excluding hydrogens is 1660 g/mol. The van der Waals surface area contributed by atoms with Crippen LogP contribution in [0.3, 0.4) is 0 Å². The van der Waals surface area contributed by atoms with Crippen molar-refractivity contribution in [2.24, 2.45) is 0 Å². The number of carbonyl (C=O) groups excluding carboxylic acids is 4. The highest BCUT2D eigenvalue weighted by Crippen LogP contribution is 2.41. The zero-order valence-electron chi connectivity index (χ0n) is 65.5. The van der Waals surface area contributed by atoms with Crippen molar-refractivity contribution < 1.29 is 242 Å². The molecule has 0 aromatic carbocycles. The van der Waals surface area contributed by atoms with Gasteiger partial charge in [0.2, 0.25) is 23.6 Å². The Balaban J connectivity index is 1.01. The van der Waals surface area contributed by atoms with Gasteiger partial charge >= 0.3 is 0 Å². The minimum atomic E-state index is -2.64. The van der Waals surface area contributed by atoms with Crippen molar-refractivity contribution in [2.75, 3.05) is 52.9 Å². The van der Waals surface area contributed by atoms with Crippen LogP contribution in [-0.2, 0) is 109 Å². The fourth-order valence-electron chi connectivity index (χ4n) is 15.7. The van der Waals surface area contributed by atoms with Gasteiger partial charge < -0.3 is 244 Å². The lowest BCUT2D eigenvalue weighted by molar-refractivity contribution is -0.403. The van der Waals surface area contributed by atoms with Crippen LogP contribution < -0.4 is 21.3 Å². The molecule has 0 saturated carbocycles. The Kier molecular flexibility index (Phi) is 35.3. The summed E-state index contributed by atoms with van der Waals surface area (Å²) in [5.41, 5.74) is 0. The molecular formula is C68H114N4O49. The number of hydrogen-bond acceptors (Lipinski definition) is 49. The summed E-state index contributed by atoms with van der Waals surface area (Å²) in [6.45, 7) is -2.57. The number of rotatable bonds is 30. The molecule has 10 fully saturated rings. The number of carbonyl (C=O) groups is 4. The predicted octanol–water partition coefficient (Wildman–Crippen LogP) is -20.2. The molecule has 30 N–H and O–H groups in total. The van der Waals surface area contributed by atoms with Crippen molar-refractivity contribution in [2.45, 2.75) is 348 Å². The summed E-state index contributed by atoms with van der Waals surface area (Å²) in [5.74, 6) is -3.72. The highest BCUT2D eigenvalue weighted by atomic mass is 16.8. The molecule has 0 bridgehead atoms. The molecule has 10 heterocycles. The van der Waals surface area contributed by atoms with Gasteiger partial charge in [0.15, 0.2) is 62.9 Å². The molecule has 4 amide bonds.